The van der Waals surface area contributed by atoms with Gasteiger partial charge < -0.3 is 10.3 Å². The van der Waals surface area contributed by atoms with E-state index in [9.17, 15) is 9.59 Å². The number of nitrogens with zero attached hydrogens (tertiary/aromatic N) is 3. The summed E-state index contributed by atoms with van der Waals surface area (Å²) in [5, 5.41) is 2.94. The highest BCUT2D eigenvalue weighted by Crippen LogP contribution is 2.21. The Morgan fingerprint density at radius 3 is 2.57 bits per heavy atom. The third-order valence-electron chi connectivity index (χ3n) is 4.76. The summed E-state index contributed by atoms with van der Waals surface area (Å²) in [5.74, 6) is 0.293. The third kappa shape index (κ3) is 3.99. The lowest BCUT2D eigenvalue weighted by Crippen LogP contribution is -2.36. The Balaban J connectivity index is 1.42. The van der Waals surface area contributed by atoms with Crippen molar-refractivity contribution in [3.05, 3.63) is 81.9 Å². The quantitative estimate of drug-likeness (QED) is 0.712. The monoisotopic (exact) mass is 375 g/mol. The van der Waals surface area contributed by atoms with Crippen LogP contribution < -0.4 is 10.9 Å². The largest absolute Gasteiger partial charge is 0.347 e. The van der Waals surface area contributed by atoms with E-state index in [-0.39, 0.29) is 17.5 Å². The standard InChI is InChI=1S/C21H21N5O2/c1-14(18-10-19(27)25-21(24-18)17-8-4-5-9-22-17)23-20(28)13-26-11-15-6-2-3-7-16(15)12-26/h2-10,14H,11-13H2,1H3,(H,23,28)(H,24,25,27)/t14-/m1/s1. The van der Waals surface area contributed by atoms with E-state index in [1.807, 2.05) is 25.1 Å². The molecule has 0 bridgehead atoms. The summed E-state index contributed by atoms with van der Waals surface area (Å²) in [6.45, 7) is 3.66. The summed E-state index contributed by atoms with van der Waals surface area (Å²) < 4.78 is 0. The molecule has 7 heteroatoms. The van der Waals surface area contributed by atoms with Gasteiger partial charge in [0.2, 0.25) is 5.91 Å². The fourth-order valence-electron chi connectivity index (χ4n) is 3.40. The van der Waals surface area contributed by atoms with Gasteiger partial charge in [0.15, 0.2) is 5.82 Å². The number of fused-ring (bicyclic) bond motifs is 1. The zero-order chi connectivity index (χ0) is 19.5. The minimum atomic E-state index is -0.387. The number of carbonyl (C=O) groups excluding carboxylic acids is 1. The first-order chi connectivity index (χ1) is 13.6. The maximum Gasteiger partial charge on any atom is 0.251 e. The van der Waals surface area contributed by atoms with E-state index in [1.54, 1.807) is 18.3 Å². The molecule has 0 aliphatic carbocycles. The van der Waals surface area contributed by atoms with Crippen molar-refractivity contribution in [1.29, 1.82) is 0 Å². The molecule has 1 aliphatic heterocycles. The van der Waals surface area contributed by atoms with Gasteiger partial charge in [-0.3, -0.25) is 19.5 Å². The fraction of sp³-hybridized carbons (Fsp3) is 0.238. The van der Waals surface area contributed by atoms with E-state index in [1.165, 1.54) is 17.2 Å². The van der Waals surface area contributed by atoms with Crippen LogP contribution in [0, 0.1) is 0 Å². The molecule has 1 atom stereocenters. The zero-order valence-corrected chi connectivity index (χ0v) is 15.6. The van der Waals surface area contributed by atoms with Crippen molar-refractivity contribution in [3.8, 4) is 11.5 Å². The summed E-state index contributed by atoms with van der Waals surface area (Å²) in [5.41, 5.74) is 3.33. The summed E-state index contributed by atoms with van der Waals surface area (Å²) >= 11 is 0. The molecular weight excluding hydrogens is 354 g/mol. The van der Waals surface area contributed by atoms with Gasteiger partial charge in [-0.25, -0.2) is 4.98 Å². The fourth-order valence-corrected chi connectivity index (χ4v) is 3.40. The van der Waals surface area contributed by atoms with E-state index in [2.05, 4.69) is 37.3 Å². The summed E-state index contributed by atoms with van der Waals surface area (Å²) in [6, 6.07) is 14.6. The van der Waals surface area contributed by atoms with Crippen LogP contribution in [0.15, 0.2) is 59.5 Å². The predicted octanol–water partition coefficient (Wildman–Crippen LogP) is 2.02. The average molecular weight is 375 g/mol. The number of aromatic nitrogens is 3. The zero-order valence-electron chi connectivity index (χ0n) is 15.6. The Labute approximate surface area is 162 Å². The number of hydrogen-bond acceptors (Lipinski definition) is 5. The second kappa shape index (κ2) is 7.74. The van der Waals surface area contributed by atoms with E-state index >= 15 is 0 Å². The molecule has 2 N–H and O–H groups in total. The number of aromatic amines is 1. The lowest BCUT2D eigenvalue weighted by atomic mass is 10.1. The molecule has 2 aromatic heterocycles. The Bertz CT molecular complexity index is 1020. The SMILES string of the molecule is C[C@@H](NC(=O)CN1Cc2ccccc2C1)c1cc(=O)[nH]c(-c2ccccn2)n1. The van der Waals surface area contributed by atoms with Crippen molar-refractivity contribution >= 4 is 5.91 Å². The number of carbonyl (C=O) groups is 1. The second-order valence-electron chi connectivity index (χ2n) is 6.94. The molecular formula is C21H21N5O2. The Morgan fingerprint density at radius 1 is 1.18 bits per heavy atom. The molecule has 1 aromatic carbocycles. The minimum Gasteiger partial charge on any atom is -0.347 e. The minimum absolute atomic E-state index is 0.0956. The van der Waals surface area contributed by atoms with E-state index < -0.39 is 0 Å². The molecule has 0 fully saturated rings. The van der Waals surface area contributed by atoms with Gasteiger partial charge in [-0.2, -0.15) is 0 Å². The van der Waals surface area contributed by atoms with Crippen molar-refractivity contribution in [1.82, 2.24) is 25.2 Å². The van der Waals surface area contributed by atoms with Crippen LogP contribution in [0.25, 0.3) is 11.5 Å². The maximum absolute atomic E-state index is 12.5. The molecule has 4 rings (SSSR count). The number of nitrogens with one attached hydrogen (secondary N) is 2. The number of hydrogen-bond donors (Lipinski definition) is 2. The molecule has 142 valence electrons. The van der Waals surface area contributed by atoms with Gasteiger partial charge in [0.25, 0.3) is 5.56 Å². The van der Waals surface area contributed by atoms with Gasteiger partial charge in [0, 0.05) is 25.4 Å². The lowest BCUT2D eigenvalue weighted by Gasteiger charge is -2.18. The van der Waals surface area contributed by atoms with Crippen LogP contribution >= 0.6 is 0 Å². The molecule has 0 saturated heterocycles. The van der Waals surface area contributed by atoms with E-state index in [0.717, 1.165) is 13.1 Å². The average Bonchev–Trinajstić information content (AvgIpc) is 3.10. The molecule has 0 unspecified atom stereocenters. The van der Waals surface area contributed by atoms with Crippen molar-refractivity contribution in [2.24, 2.45) is 0 Å². The van der Waals surface area contributed by atoms with Crippen molar-refractivity contribution in [3.63, 3.8) is 0 Å². The molecule has 1 aliphatic rings. The van der Waals surface area contributed by atoms with Gasteiger partial charge in [0.05, 0.1) is 18.3 Å². The molecule has 3 heterocycles. The second-order valence-corrected chi connectivity index (χ2v) is 6.94. The van der Waals surface area contributed by atoms with Crippen LogP contribution in [-0.4, -0.2) is 32.3 Å². The maximum atomic E-state index is 12.5. The van der Waals surface area contributed by atoms with Crippen LogP contribution in [0.3, 0.4) is 0 Å². The van der Waals surface area contributed by atoms with Crippen molar-refractivity contribution < 1.29 is 4.79 Å². The van der Waals surface area contributed by atoms with Crippen molar-refractivity contribution in [2.45, 2.75) is 26.1 Å². The highest BCUT2D eigenvalue weighted by molar-refractivity contribution is 5.78. The first kappa shape index (κ1) is 18.1. The highest BCUT2D eigenvalue weighted by Gasteiger charge is 2.21. The van der Waals surface area contributed by atoms with Crippen LogP contribution in [0.5, 0.6) is 0 Å². The molecule has 28 heavy (non-hydrogen) atoms. The van der Waals surface area contributed by atoms with Gasteiger partial charge in [0.1, 0.15) is 5.69 Å². The Hall–Kier alpha value is -3.32. The van der Waals surface area contributed by atoms with Crippen LogP contribution in [0.2, 0.25) is 0 Å². The number of benzene rings is 1. The van der Waals surface area contributed by atoms with Gasteiger partial charge in [-0.1, -0.05) is 30.3 Å². The van der Waals surface area contributed by atoms with E-state index in [4.69, 9.17) is 0 Å². The highest BCUT2D eigenvalue weighted by atomic mass is 16.2. The summed E-state index contributed by atoms with van der Waals surface area (Å²) in [4.78, 5) is 38.0. The third-order valence-corrected chi connectivity index (χ3v) is 4.76. The van der Waals surface area contributed by atoms with E-state index in [0.29, 0.717) is 23.8 Å². The number of H-pyrrole nitrogens is 1. The first-order valence-corrected chi connectivity index (χ1v) is 9.19. The Kier molecular flexibility index (Phi) is 4.99. The molecule has 0 radical (unpaired) electrons. The smallest absolute Gasteiger partial charge is 0.251 e. The number of amides is 1. The number of rotatable bonds is 5. The van der Waals surface area contributed by atoms with Crippen LogP contribution in [0.4, 0.5) is 0 Å². The normalized spacial score (nSPS) is 14.5. The molecule has 0 saturated carbocycles. The molecule has 1 amide bonds. The van der Waals surface area contributed by atoms with Crippen LogP contribution in [-0.2, 0) is 17.9 Å². The first-order valence-electron chi connectivity index (χ1n) is 9.19. The summed E-state index contributed by atoms with van der Waals surface area (Å²) in [6.07, 6.45) is 1.64. The number of pyridine rings is 1. The van der Waals surface area contributed by atoms with Gasteiger partial charge in [-0.05, 0) is 30.2 Å². The molecule has 0 spiro atoms. The summed E-state index contributed by atoms with van der Waals surface area (Å²) in [7, 11) is 0. The molecule has 7 nitrogen and oxygen atoms in total. The topological polar surface area (TPSA) is 91.0 Å². The molecule has 3 aromatic rings. The van der Waals surface area contributed by atoms with Crippen molar-refractivity contribution in [2.75, 3.05) is 6.54 Å². The van der Waals surface area contributed by atoms with Crippen LogP contribution in [0.1, 0.15) is 29.8 Å². The van der Waals surface area contributed by atoms with Gasteiger partial charge in [-0.15, -0.1) is 0 Å². The lowest BCUT2D eigenvalue weighted by molar-refractivity contribution is -0.123. The predicted molar refractivity (Wildman–Crippen MR) is 105 cm³/mol. The van der Waals surface area contributed by atoms with Gasteiger partial charge >= 0.3 is 0 Å². The Morgan fingerprint density at radius 2 is 1.89 bits per heavy atom.